The Bertz CT molecular complexity index is 695. The summed E-state index contributed by atoms with van der Waals surface area (Å²) in [7, 11) is 1.64. The van der Waals surface area contributed by atoms with Crippen LogP contribution in [-0.2, 0) is 6.42 Å². The second kappa shape index (κ2) is 5.89. The van der Waals surface area contributed by atoms with Crippen molar-refractivity contribution >= 4 is 5.82 Å². The van der Waals surface area contributed by atoms with Gasteiger partial charge >= 0.3 is 0 Å². The molecule has 0 saturated heterocycles. The Morgan fingerprint density at radius 3 is 2.32 bits per heavy atom. The van der Waals surface area contributed by atoms with Crippen LogP contribution in [-0.4, -0.2) is 22.1 Å². The summed E-state index contributed by atoms with van der Waals surface area (Å²) in [5, 5.41) is 8.38. The zero-order valence-corrected chi connectivity index (χ0v) is 12.7. The van der Waals surface area contributed by atoms with Gasteiger partial charge in [0.15, 0.2) is 5.82 Å². The van der Waals surface area contributed by atoms with Crippen molar-refractivity contribution in [1.29, 1.82) is 0 Å². The molecule has 5 nitrogen and oxygen atoms in total. The van der Waals surface area contributed by atoms with Crippen LogP contribution in [0.25, 0.3) is 16.9 Å². The number of rotatable bonds is 4. The number of nitrogens with zero attached hydrogens (tertiary/aromatic N) is 3. The molecule has 0 atom stereocenters. The Labute approximate surface area is 129 Å². The van der Waals surface area contributed by atoms with Crippen molar-refractivity contribution in [3.63, 3.8) is 0 Å². The molecule has 0 bridgehead atoms. The van der Waals surface area contributed by atoms with Gasteiger partial charge in [-0.1, -0.05) is 36.4 Å². The molecule has 5 heteroatoms. The van der Waals surface area contributed by atoms with E-state index in [4.69, 9.17) is 10.5 Å². The first-order valence-corrected chi connectivity index (χ1v) is 7.18. The van der Waals surface area contributed by atoms with Gasteiger partial charge in [0.05, 0.1) is 12.8 Å². The summed E-state index contributed by atoms with van der Waals surface area (Å²) in [5.41, 5.74) is 10.0. The summed E-state index contributed by atoms with van der Waals surface area (Å²) < 4.78 is 6.78. The lowest BCUT2D eigenvalue weighted by molar-refractivity contribution is 0.414. The van der Waals surface area contributed by atoms with E-state index >= 15 is 0 Å². The average Bonchev–Trinajstić information content (AvgIpc) is 2.96. The largest absolute Gasteiger partial charge is 0.497 e. The van der Waals surface area contributed by atoms with Crippen LogP contribution >= 0.6 is 0 Å². The molecular weight excluding hydrogens is 276 g/mol. The lowest BCUT2D eigenvalue weighted by Crippen LogP contribution is -2.02. The number of nitrogen functional groups attached to an aromatic ring is 1. The highest BCUT2D eigenvalue weighted by molar-refractivity contribution is 5.71. The Morgan fingerprint density at radius 1 is 1.05 bits per heavy atom. The molecule has 0 aliphatic rings. The molecule has 0 aliphatic carbocycles. The first-order valence-electron chi connectivity index (χ1n) is 7.18. The van der Waals surface area contributed by atoms with Gasteiger partial charge in [0.1, 0.15) is 11.4 Å². The van der Waals surface area contributed by atoms with Gasteiger partial charge in [-0.3, -0.25) is 0 Å². The first kappa shape index (κ1) is 14.1. The maximum atomic E-state index is 6.22. The average molecular weight is 294 g/mol. The maximum Gasteiger partial charge on any atom is 0.155 e. The van der Waals surface area contributed by atoms with E-state index in [1.807, 2.05) is 36.4 Å². The SMILES string of the molecule is CCc1ccc(-c2nnn(-c3ccc(OC)cc3)c2N)cc1. The molecule has 0 fully saturated rings. The fourth-order valence-electron chi connectivity index (χ4n) is 2.31. The van der Waals surface area contributed by atoms with Gasteiger partial charge in [-0.15, -0.1) is 5.10 Å². The fraction of sp³-hybridized carbons (Fsp3) is 0.176. The highest BCUT2D eigenvalue weighted by Crippen LogP contribution is 2.26. The van der Waals surface area contributed by atoms with E-state index in [0.29, 0.717) is 11.5 Å². The van der Waals surface area contributed by atoms with Gasteiger partial charge in [0, 0.05) is 5.56 Å². The summed E-state index contributed by atoms with van der Waals surface area (Å²) in [6.45, 7) is 2.13. The summed E-state index contributed by atoms with van der Waals surface area (Å²) in [4.78, 5) is 0. The van der Waals surface area contributed by atoms with Gasteiger partial charge in [-0.2, -0.15) is 4.68 Å². The van der Waals surface area contributed by atoms with E-state index in [2.05, 4.69) is 29.4 Å². The molecule has 2 N–H and O–H groups in total. The van der Waals surface area contributed by atoms with Gasteiger partial charge in [-0.25, -0.2) is 0 Å². The van der Waals surface area contributed by atoms with E-state index in [1.54, 1.807) is 11.8 Å². The molecule has 3 aromatic rings. The number of aryl methyl sites for hydroxylation is 1. The highest BCUT2D eigenvalue weighted by Gasteiger charge is 2.13. The predicted octanol–water partition coefficient (Wildman–Crippen LogP) is 3.09. The van der Waals surface area contributed by atoms with Gasteiger partial charge in [0.25, 0.3) is 0 Å². The number of hydrogen-bond acceptors (Lipinski definition) is 4. The molecule has 0 saturated carbocycles. The lowest BCUT2D eigenvalue weighted by Gasteiger charge is -2.05. The van der Waals surface area contributed by atoms with Crippen LogP contribution in [0.4, 0.5) is 5.82 Å². The van der Waals surface area contributed by atoms with Crippen LogP contribution in [0.1, 0.15) is 12.5 Å². The Balaban J connectivity index is 1.96. The van der Waals surface area contributed by atoms with Gasteiger partial charge in [-0.05, 0) is 36.2 Å². The molecule has 1 heterocycles. The molecule has 3 rings (SSSR count). The van der Waals surface area contributed by atoms with Crippen molar-refractivity contribution in [3.8, 4) is 22.7 Å². The van der Waals surface area contributed by atoms with Crippen LogP contribution < -0.4 is 10.5 Å². The van der Waals surface area contributed by atoms with E-state index in [9.17, 15) is 0 Å². The summed E-state index contributed by atoms with van der Waals surface area (Å²) in [5.74, 6) is 1.31. The Morgan fingerprint density at radius 2 is 1.73 bits per heavy atom. The van der Waals surface area contributed by atoms with Crippen LogP contribution in [0.5, 0.6) is 5.75 Å². The third-order valence-electron chi connectivity index (χ3n) is 3.66. The minimum absolute atomic E-state index is 0.523. The molecule has 0 spiro atoms. The molecular formula is C17H18N4O. The van der Waals surface area contributed by atoms with Gasteiger partial charge < -0.3 is 10.5 Å². The summed E-state index contributed by atoms with van der Waals surface area (Å²) >= 11 is 0. The van der Waals surface area contributed by atoms with Crippen molar-refractivity contribution < 1.29 is 4.74 Å². The van der Waals surface area contributed by atoms with Crippen LogP contribution in [0.2, 0.25) is 0 Å². The van der Waals surface area contributed by atoms with Crippen LogP contribution in [0, 0.1) is 0 Å². The molecule has 112 valence electrons. The smallest absolute Gasteiger partial charge is 0.155 e. The third kappa shape index (κ3) is 2.53. The second-order valence-corrected chi connectivity index (χ2v) is 4.98. The zero-order chi connectivity index (χ0) is 15.5. The zero-order valence-electron chi connectivity index (χ0n) is 12.7. The number of methoxy groups -OCH3 is 1. The quantitative estimate of drug-likeness (QED) is 0.803. The minimum atomic E-state index is 0.523. The van der Waals surface area contributed by atoms with E-state index in [-0.39, 0.29) is 0 Å². The summed E-state index contributed by atoms with van der Waals surface area (Å²) in [6.07, 6.45) is 1.01. The minimum Gasteiger partial charge on any atom is -0.497 e. The number of hydrogen-bond donors (Lipinski definition) is 1. The standard InChI is InChI=1S/C17H18N4O/c1-3-12-4-6-13(7-5-12)16-17(18)21(20-19-16)14-8-10-15(22-2)11-9-14/h4-11H,3,18H2,1-2H3. The maximum absolute atomic E-state index is 6.22. The molecule has 0 amide bonds. The normalized spacial score (nSPS) is 10.6. The lowest BCUT2D eigenvalue weighted by atomic mass is 10.1. The second-order valence-electron chi connectivity index (χ2n) is 4.98. The Kier molecular flexibility index (Phi) is 3.78. The topological polar surface area (TPSA) is 66.0 Å². The Hall–Kier alpha value is -2.82. The van der Waals surface area contributed by atoms with Crippen molar-refractivity contribution in [2.75, 3.05) is 12.8 Å². The van der Waals surface area contributed by atoms with Crippen molar-refractivity contribution in [2.24, 2.45) is 0 Å². The van der Waals surface area contributed by atoms with Crippen molar-refractivity contribution in [2.45, 2.75) is 13.3 Å². The molecule has 2 aromatic carbocycles. The number of benzene rings is 2. The van der Waals surface area contributed by atoms with Crippen molar-refractivity contribution in [1.82, 2.24) is 15.0 Å². The van der Waals surface area contributed by atoms with Crippen LogP contribution in [0.15, 0.2) is 48.5 Å². The van der Waals surface area contributed by atoms with E-state index in [1.165, 1.54) is 5.56 Å². The molecule has 0 radical (unpaired) electrons. The molecule has 0 unspecified atom stereocenters. The number of ether oxygens (including phenoxy) is 1. The highest BCUT2D eigenvalue weighted by atomic mass is 16.5. The summed E-state index contributed by atoms with van der Waals surface area (Å²) in [6, 6.07) is 15.7. The predicted molar refractivity (Wildman–Crippen MR) is 87.1 cm³/mol. The van der Waals surface area contributed by atoms with Crippen LogP contribution in [0.3, 0.4) is 0 Å². The van der Waals surface area contributed by atoms with E-state index in [0.717, 1.165) is 23.4 Å². The molecule has 1 aromatic heterocycles. The number of anilines is 1. The van der Waals surface area contributed by atoms with Gasteiger partial charge in [0.2, 0.25) is 0 Å². The first-order chi connectivity index (χ1) is 10.7. The molecule has 0 aliphatic heterocycles. The molecule has 22 heavy (non-hydrogen) atoms. The van der Waals surface area contributed by atoms with E-state index < -0.39 is 0 Å². The number of aromatic nitrogens is 3. The monoisotopic (exact) mass is 294 g/mol. The fourth-order valence-corrected chi connectivity index (χ4v) is 2.31. The third-order valence-corrected chi connectivity index (χ3v) is 3.66. The number of nitrogens with two attached hydrogens (primary N) is 1. The van der Waals surface area contributed by atoms with Crippen molar-refractivity contribution in [3.05, 3.63) is 54.1 Å².